The highest BCUT2D eigenvalue weighted by molar-refractivity contribution is 5.71. The summed E-state index contributed by atoms with van der Waals surface area (Å²) >= 11 is 0. The van der Waals surface area contributed by atoms with E-state index in [2.05, 4.69) is 142 Å². The normalized spacial score (nSPS) is 12.9. The van der Waals surface area contributed by atoms with Crippen molar-refractivity contribution in [3.63, 3.8) is 0 Å². The molecule has 0 aromatic heterocycles. The summed E-state index contributed by atoms with van der Waals surface area (Å²) in [4.78, 5) is 38.3. The number of esters is 3. The Labute approximate surface area is 488 Å². The summed E-state index contributed by atoms with van der Waals surface area (Å²) in [6.45, 7) is 6.50. The van der Waals surface area contributed by atoms with E-state index in [1.165, 1.54) is 135 Å². The zero-order valence-corrected chi connectivity index (χ0v) is 51.6. The quantitative estimate of drug-likeness (QED) is 0.0261. The molecule has 0 amide bonds. The average molecular weight is 1100 g/mol. The van der Waals surface area contributed by atoms with Crippen LogP contribution >= 0.6 is 0 Å². The van der Waals surface area contributed by atoms with E-state index < -0.39 is 6.10 Å². The number of carbonyl (C=O) groups is 3. The first-order chi connectivity index (χ1) is 39.0. The van der Waals surface area contributed by atoms with Gasteiger partial charge in [0.25, 0.3) is 0 Å². The van der Waals surface area contributed by atoms with Crippen molar-refractivity contribution >= 4 is 17.9 Å². The van der Waals surface area contributed by atoms with E-state index in [-0.39, 0.29) is 31.1 Å². The molecule has 0 aliphatic rings. The maximum atomic E-state index is 12.9. The molecule has 6 nitrogen and oxygen atoms in total. The molecule has 0 heterocycles. The van der Waals surface area contributed by atoms with Crippen LogP contribution in [0.3, 0.4) is 0 Å². The first-order valence-corrected chi connectivity index (χ1v) is 33.0. The van der Waals surface area contributed by atoms with Crippen molar-refractivity contribution in [3.05, 3.63) is 122 Å². The second kappa shape index (κ2) is 66.3. The number of hydrogen-bond acceptors (Lipinski definition) is 6. The van der Waals surface area contributed by atoms with Gasteiger partial charge in [-0.3, -0.25) is 14.4 Å². The Morgan fingerprint density at radius 2 is 0.494 bits per heavy atom. The fourth-order valence-corrected chi connectivity index (χ4v) is 9.02. The Morgan fingerprint density at radius 1 is 0.266 bits per heavy atom. The highest BCUT2D eigenvalue weighted by atomic mass is 16.6. The van der Waals surface area contributed by atoms with E-state index in [4.69, 9.17) is 14.2 Å². The molecule has 6 heteroatoms. The standard InChI is InChI=1S/C73H122O6/c1-4-7-10-13-16-19-22-25-27-29-30-31-32-33-34-35-36-37-38-39-40-41-42-44-45-48-51-54-57-60-63-66-72(75)78-69-70(68-77-71(74)65-62-59-56-53-50-47-24-21-18-15-12-9-6-3)79-73(76)67-64-61-58-55-52-49-46-43-28-26-23-20-17-14-11-8-5-2/h7,10,16,19,21,24-25,27,30-31,33-34,36-37,39-40,42,44,48,51,70H,4-6,8-9,11-15,17-18,20,22-23,26,28-29,32,35,38,41,43,45-47,49-50,52-69H2,1-3H3/b10-7-,19-16-,24-21-,27-25-,31-30-,34-33-,37-36-,40-39-,44-42-,51-48-. The molecule has 1 atom stereocenters. The van der Waals surface area contributed by atoms with Crippen LogP contribution in [0.15, 0.2) is 122 Å². The van der Waals surface area contributed by atoms with Gasteiger partial charge >= 0.3 is 17.9 Å². The minimum Gasteiger partial charge on any atom is -0.462 e. The fourth-order valence-electron chi connectivity index (χ4n) is 9.02. The predicted octanol–water partition coefficient (Wildman–Crippen LogP) is 22.8. The Balaban J connectivity index is 4.37. The van der Waals surface area contributed by atoms with Crippen molar-refractivity contribution in [3.8, 4) is 0 Å². The lowest BCUT2D eigenvalue weighted by Gasteiger charge is -2.18. The van der Waals surface area contributed by atoms with Gasteiger partial charge in [0.15, 0.2) is 6.10 Å². The molecule has 0 spiro atoms. The molecule has 79 heavy (non-hydrogen) atoms. The molecule has 0 bridgehead atoms. The first kappa shape index (κ1) is 74.8. The molecule has 1 unspecified atom stereocenters. The lowest BCUT2D eigenvalue weighted by Crippen LogP contribution is -2.30. The van der Waals surface area contributed by atoms with Gasteiger partial charge in [-0.15, -0.1) is 0 Å². The van der Waals surface area contributed by atoms with Crippen molar-refractivity contribution in [2.75, 3.05) is 13.2 Å². The van der Waals surface area contributed by atoms with Crippen molar-refractivity contribution in [1.29, 1.82) is 0 Å². The maximum absolute atomic E-state index is 12.9. The number of hydrogen-bond donors (Lipinski definition) is 0. The summed E-state index contributed by atoms with van der Waals surface area (Å²) in [5.74, 6) is -0.926. The van der Waals surface area contributed by atoms with E-state index in [9.17, 15) is 14.4 Å². The van der Waals surface area contributed by atoms with E-state index in [0.29, 0.717) is 19.3 Å². The van der Waals surface area contributed by atoms with E-state index in [1.54, 1.807) is 0 Å². The molecule has 0 aliphatic carbocycles. The van der Waals surface area contributed by atoms with Gasteiger partial charge in [-0.05, 0) is 116 Å². The molecule has 0 saturated heterocycles. The molecule has 0 rings (SSSR count). The van der Waals surface area contributed by atoms with E-state index >= 15 is 0 Å². The Hall–Kier alpha value is -4.19. The number of carbonyl (C=O) groups excluding carboxylic acids is 3. The zero-order valence-electron chi connectivity index (χ0n) is 51.6. The second-order valence-corrected chi connectivity index (χ2v) is 21.6. The van der Waals surface area contributed by atoms with Gasteiger partial charge < -0.3 is 14.2 Å². The smallest absolute Gasteiger partial charge is 0.306 e. The summed E-state index contributed by atoms with van der Waals surface area (Å²) in [5.41, 5.74) is 0. The second-order valence-electron chi connectivity index (χ2n) is 21.6. The van der Waals surface area contributed by atoms with Crippen LogP contribution in [0.4, 0.5) is 0 Å². The molecule has 0 saturated carbocycles. The van der Waals surface area contributed by atoms with Crippen molar-refractivity contribution in [2.24, 2.45) is 0 Å². The van der Waals surface area contributed by atoms with Gasteiger partial charge in [0.2, 0.25) is 0 Å². The number of ether oxygens (including phenoxy) is 3. The maximum Gasteiger partial charge on any atom is 0.306 e. The van der Waals surface area contributed by atoms with Crippen molar-refractivity contribution in [1.82, 2.24) is 0 Å². The topological polar surface area (TPSA) is 78.9 Å². The number of unbranched alkanes of at least 4 members (excludes halogenated alkanes) is 28. The van der Waals surface area contributed by atoms with Gasteiger partial charge in [0.05, 0.1) is 0 Å². The molecular weight excluding hydrogens is 973 g/mol. The van der Waals surface area contributed by atoms with Crippen LogP contribution in [-0.2, 0) is 28.6 Å². The average Bonchev–Trinajstić information content (AvgIpc) is 3.45. The third-order valence-corrected chi connectivity index (χ3v) is 14.0. The molecule has 0 fully saturated rings. The van der Waals surface area contributed by atoms with Crippen molar-refractivity contribution < 1.29 is 28.6 Å². The first-order valence-electron chi connectivity index (χ1n) is 33.0. The third-order valence-electron chi connectivity index (χ3n) is 14.0. The molecular formula is C73H122O6. The van der Waals surface area contributed by atoms with Gasteiger partial charge in [-0.1, -0.05) is 290 Å². The van der Waals surface area contributed by atoms with Gasteiger partial charge in [-0.25, -0.2) is 0 Å². The zero-order chi connectivity index (χ0) is 57.1. The lowest BCUT2D eigenvalue weighted by molar-refractivity contribution is -0.167. The monoisotopic (exact) mass is 1090 g/mol. The van der Waals surface area contributed by atoms with Crippen LogP contribution in [-0.4, -0.2) is 37.2 Å². The van der Waals surface area contributed by atoms with Crippen LogP contribution in [0.5, 0.6) is 0 Å². The van der Waals surface area contributed by atoms with Gasteiger partial charge in [0, 0.05) is 19.3 Å². The summed E-state index contributed by atoms with van der Waals surface area (Å²) < 4.78 is 16.9. The fraction of sp³-hybridized carbons (Fsp3) is 0.685. The molecule has 0 aromatic rings. The van der Waals surface area contributed by atoms with Gasteiger partial charge in [0.1, 0.15) is 13.2 Å². The van der Waals surface area contributed by atoms with Crippen LogP contribution in [0, 0.1) is 0 Å². The SMILES string of the molecule is CC/C=C\C/C=C\C/C=C\C/C=C\C/C=C\C/C=C\C/C=C\C/C=C\C/C=C\CCCCCC(=O)OCC(COC(=O)CCCCCCC/C=C\CCCCCC)OC(=O)CCCCCCCCCCCCCCCCCCC. The highest BCUT2D eigenvalue weighted by Crippen LogP contribution is 2.16. The third kappa shape index (κ3) is 64.5. The van der Waals surface area contributed by atoms with Gasteiger partial charge in [-0.2, -0.15) is 0 Å². The Kier molecular flexibility index (Phi) is 62.8. The molecule has 0 radical (unpaired) electrons. The van der Waals surface area contributed by atoms with Crippen LogP contribution < -0.4 is 0 Å². The molecule has 0 N–H and O–H groups in total. The molecule has 0 aliphatic heterocycles. The molecule has 450 valence electrons. The minimum atomic E-state index is -0.797. The summed E-state index contributed by atoms with van der Waals surface area (Å²) in [6.07, 6.45) is 92.1. The largest absolute Gasteiger partial charge is 0.462 e. The number of allylic oxidation sites excluding steroid dienone is 20. The molecule has 0 aromatic carbocycles. The summed E-state index contributed by atoms with van der Waals surface area (Å²) in [7, 11) is 0. The van der Waals surface area contributed by atoms with Crippen LogP contribution in [0.25, 0.3) is 0 Å². The Bertz CT molecular complexity index is 1640. The predicted molar refractivity (Wildman–Crippen MR) is 343 cm³/mol. The van der Waals surface area contributed by atoms with E-state index in [1.807, 2.05) is 0 Å². The van der Waals surface area contributed by atoms with Crippen LogP contribution in [0.1, 0.15) is 303 Å². The number of rotatable bonds is 59. The minimum absolute atomic E-state index is 0.0923. The Morgan fingerprint density at radius 3 is 0.810 bits per heavy atom. The highest BCUT2D eigenvalue weighted by Gasteiger charge is 2.19. The van der Waals surface area contributed by atoms with E-state index in [0.717, 1.165) is 128 Å². The lowest BCUT2D eigenvalue weighted by atomic mass is 10.0. The summed E-state index contributed by atoms with van der Waals surface area (Å²) in [6, 6.07) is 0. The van der Waals surface area contributed by atoms with Crippen molar-refractivity contribution in [2.45, 2.75) is 309 Å². The van der Waals surface area contributed by atoms with Crippen LogP contribution in [0.2, 0.25) is 0 Å². The summed E-state index contributed by atoms with van der Waals surface area (Å²) in [5, 5.41) is 0.